The van der Waals surface area contributed by atoms with Crippen LogP contribution in [0.15, 0.2) is 0 Å². The Morgan fingerprint density at radius 2 is 1.00 bits per heavy atom. The quantitative estimate of drug-likeness (QED) is 0.669. The van der Waals surface area contributed by atoms with E-state index in [9.17, 15) is 9.59 Å². The van der Waals surface area contributed by atoms with Gasteiger partial charge in [-0.05, 0) is 34.5 Å². The lowest BCUT2D eigenvalue weighted by Crippen LogP contribution is -2.72. The summed E-state index contributed by atoms with van der Waals surface area (Å²) in [6.07, 6.45) is 3.40. The van der Waals surface area contributed by atoms with Gasteiger partial charge < -0.3 is 0 Å². The number of Topliss-reactive ketones (excluding diaryl/α,β-unsaturated/α-hetero) is 2. The Labute approximate surface area is 122 Å². The molecule has 0 aromatic rings. The molecule has 0 saturated heterocycles. The van der Waals surface area contributed by atoms with Crippen LogP contribution in [0.3, 0.4) is 0 Å². The van der Waals surface area contributed by atoms with E-state index in [2.05, 4.69) is 41.5 Å². The van der Waals surface area contributed by atoms with Gasteiger partial charge in [0.1, 0.15) is 11.6 Å². The molecule has 3 aliphatic rings. The van der Waals surface area contributed by atoms with Gasteiger partial charge in [-0.15, -0.1) is 0 Å². The SMILES string of the molecule is CC1(C)CC(=O)C2C(C)(C1)C1C(=O)CC(C)(C)CC21C. The smallest absolute Gasteiger partial charge is 0.137 e. The molecule has 2 nitrogen and oxygen atoms in total. The maximum Gasteiger partial charge on any atom is 0.137 e. The lowest BCUT2D eigenvalue weighted by Gasteiger charge is -2.72. The molecule has 20 heavy (non-hydrogen) atoms. The van der Waals surface area contributed by atoms with E-state index in [0.29, 0.717) is 24.4 Å². The van der Waals surface area contributed by atoms with Crippen molar-refractivity contribution in [1.29, 1.82) is 0 Å². The number of hydrogen-bond donors (Lipinski definition) is 0. The van der Waals surface area contributed by atoms with E-state index in [0.717, 1.165) is 12.8 Å². The van der Waals surface area contributed by atoms with Gasteiger partial charge in [0, 0.05) is 24.7 Å². The van der Waals surface area contributed by atoms with Crippen LogP contribution in [0.4, 0.5) is 0 Å². The van der Waals surface area contributed by atoms with Gasteiger partial charge in [-0.25, -0.2) is 0 Å². The highest BCUT2D eigenvalue weighted by Crippen LogP contribution is 2.75. The van der Waals surface area contributed by atoms with Gasteiger partial charge in [0.2, 0.25) is 0 Å². The lowest BCUT2D eigenvalue weighted by molar-refractivity contribution is -0.232. The van der Waals surface area contributed by atoms with Crippen LogP contribution in [-0.2, 0) is 9.59 Å². The summed E-state index contributed by atoms with van der Waals surface area (Å²) in [6.45, 7) is 13.1. The topological polar surface area (TPSA) is 34.1 Å². The van der Waals surface area contributed by atoms with Gasteiger partial charge >= 0.3 is 0 Å². The second-order valence-electron chi connectivity index (χ2n) is 9.85. The van der Waals surface area contributed by atoms with Crippen molar-refractivity contribution in [3.8, 4) is 0 Å². The molecule has 0 heterocycles. The molecule has 0 aliphatic heterocycles. The van der Waals surface area contributed by atoms with Crippen molar-refractivity contribution in [3.63, 3.8) is 0 Å². The average Bonchev–Trinajstić information content (AvgIpc) is 2.06. The van der Waals surface area contributed by atoms with Crippen LogP contribution in [-0.4, -0.2) is 11.6 Å². The Morgan fingerprint density at radius 3 is 1.30 bits per heavy atom. The van der Waals surface area contributed by atoms with Crippen molar-refractivity contribution in [1.82, 2.24) is 0 Å². The van der Waals surface area contributed by atoms with E-state index in [1.165, 1.54) is 0 Å². The normalized spacial score (nSPS) is 49.1. The first-order valence-corrected chi connectivity index (χ1v) is 7.97. The van der Waals surface area contributed by atoms with E-state index in [1.807, 2.05) is 0 Å². The molecule has 2 heteroatoms. The number of fused-ring (bicyclic) bond motifs is 4. The van der Waals surface area contributed by atoms with E-state index in [-0.39, 0.29) is 33.5 Å². The second-order valence-corrected chi connectivity index (χ2v) is 9.85. The molecule has 0 atom stereocenters. The maximum absolute atomic E-state index is 12.7. The molecular weight excluding hydrogens is 248 g/mol. The molecule has 3 rings (SSSR count). The fourth-order valence-corrected chi connectivity index (χ4v) is 6.96. The fraction of sp³-hybridized carbons (Fsp3) is 0.889. The van der Waals surface area contributed by atoms with Crippen LogP contribution in [0.1, 0.15) is 67.2 Å². The third-order valence-corrected chi connectivity index (χ3v) is 6.31. The van der Waals surface area contributed by atoms with E-state index in [1.54, 1.807) is 0 Å². The highest BCUT2D eigenvalue weighted by atomic mass is 16.1. The summed E-state index contributed by atoms with van der Waals surface area (Å²) < 4.78 is 0. The Hall–Kier alpha value is -0.660. The number of ketones is 2. The zero-order chi connectivity index (χ0) is 15.1. The molecule has 3 fully saturated rings. The van der Waals surface area contributed by atoms with Crippen molar-refractivity contribution < 1.29 is 9.59 Å². The van der Waals surface area contributed by atoms with Gasteiger partial charge in [0.25, 0.3) is 0 Å². The van der Waals surface area contributed by atoms with Gasteiger partial charge in [-0.3, -0.25) is 9.59 Å². The van der Waals surface area contributed by atoms with E-state index >= 15 is 0 Å². The molecule has 0 aromatic heterocycles. The summed E-state index contributed by atoms with van der Waals surface area (Å²) in [4.78, 5) is 25.5. The summed E-state index contributed by atoms with van der Waals surface area (Å²) in [7, 11) is 0. The Morgan fingerprint density at radius 1 is 0.700 bits per heavy atom. The predicted octanol–water partition coefficient (Wildman–Crippen LogP) is 4.02. The third-order valence-electron chi connectivity index (χ3n) is 6.31. The molecule has 0 aromatic carbocycles. The molecule has 0 amide bonds. The van der Waals surface area contributed by atoms with Crippen molar-refractivity contribution in [2.24, 2.45) is 33.5 Å². The Kier molecular flexibility index (Phi) is 2.54. The predicted molar refractivity (Wildman–Crippen MR) is 79.2 cm³/mol. The Bertz CT molecular complexity index is 444. The lowest BCUT2D eigenvalue weighted by atomic mass is 9.30. The van der Waals surface area contributed by atoms with Crippen molar-refractivity contribution in [3.05, 3.63) is 0 Å². The summed E-state index contributed by atoms with van der Waals surface area (Å²) in [5, 5.41) is 0. The monoisotopic (exact) mass is 276 g/mol. The number of carbonyl (C=O) groups excluding carboxylic acids is 2. The third kappa shape index (κ3) is 1.63. The second kappa shape index (κ2) is 3.56. The van der Waals surface area contributed by atoms with Crippen LogP contribution in [0.25, 0.3) is 0 Å². The molecule has 0 unspecified atom stereocenters. The molecule has 3 aliphatic carbocycles. The van der Waals surface area contributed by atoms with Crippen molar-refractivity contribution >= 4 is 11.6 Å². The van der Waals surface area contributed by atoms with Crippen LogP contribution < -0.4 is 0 Å². The molecule has 0 spiro atoms. The molecule has 0 bridgehead atoms. The first-order chi connectivity index (χ1) is 8.91. The minimum Gasteiger partial charge on any atom is -0.299 e. The van der Waals surface area contributed by atoms with Gasteiger partial charge in [-0.2, -0.15) is 0 Å². The number of carbonyl (C=O) groups is 2. The molecule has 112 valence electrons. The molecule has 0 N–H and O–H groups in total. The van der Waals surface area contributed by atoms with Crippen LogP contribution in [0.5, 0.6) is 0 Å². The molecular formula is C18H28O2. The maximum atomic E-state index is 12.7. The minimum atomic E-state index is -0.0822. The van der Waals surface area contributed by atoms with Gasteiger partial charge in [0.05, 0.1) is 0 Å². The minimum absolute atomic E-state index is 0.0525. The van der Waals surface area contributed by atoms with Crippen molar-refractivity contribution in [2.75, 3.05) is 0 Å². The highest BCUT2D eigenvalue weighted by molar-refractivity contribution is 5.93. The van der Waals surface area contributed by atoms with Gasteiger partial charge in [0.15, 0.2) is 0 Å². The van der Waals surface area contributed by atoms with Crippen LogP contribution >= 0.6 is 0 Å². The average molecular weight is 276 g/mol. The van der Waals surface area contributed by atoms with E-state index < -0.39 is 0 Å². The van der Waals surface area contributed by atoms with Crippen molar-refractivity contribution in [2.45, 2.75) is 67.2 Å². The zero-order valence-electron chi connectivity index (χ0n) is 13.8. The molecule has 0 radical (unpaired) electrons. The Balaban J connectivity index is 2.04. The van der Waals surface area contributed by atoms with Crippen LogP contribution in [0, 0.1) is 33.5 Å². The largest absolute Gasteiger partial charge is 0.299 e. The summed E-state index contributed by atoms with van der Waals surface area (Å²) in [5.41, 5.74) is -0.0594. The summed E-state index contributed by atoms with van der Waals surface area (Å²) in [5.74, 6) is 1.04. The number of rotatable bonds is 0. The highest BCUT2D eigenvalue weighted by Gasteiger charge is 2.74. The summed E-state index contributed by atoms with van der Waals surface area (Å²) >= 11 is 0. The first-order valence-electron chi connectivity index (χ1n) is 7.97. The van der Waals surface area contributed by atoms with Crippen LogP contribution in [0.2, 0.25) is 0 Å². The fourth-order valence-electron chi connectivity index (χ4n) is 6.96. The summed E-state index contributed by atoms with van der Waals surface area (Å²) in [6, 6.07) is 0. The standard InChI is InChI=1S/C18H28O2/c1-15(2)7-11(19)13-17(5,9-15)14-12(20)8-16(3,4)10-18(13,14)6/h13-14H,7-10H2,1-6H3. The van der Waals surface area contributed by atoms with Gasteiger partial charge in [-0.1, -0.05) is 41.5 Å². The van der Waals surface area contributed by atoms with E-state index in [4.69, 9.17) is 0 Å². The first kappa shape index (κ1) is 14.3. The number of hydrogen-bond acceptors (Lipinski definition) is 2. The zero-order valence-corrected chi connectivity index (χ0v) is 13.8. The molecule has 3 saturated carbocycles.